The Morgan fingerprint density at radius 1 is 1.33 bits per heavy atom. The highest BCUT2D eigenvalue weighted by atomic mass is 15.1. The fourth-order valence-electron chi connectivity index (χ4n) is 1.08. The molecule has 0 radical (unpaired) electrons. The molecule has 2 heteroatoms. The highest BCUT2D eigenvalue weighted by molar-refractivity contribution is 4.86. The van der Waals surface area contributed by atoms with E-state index in [1.165, 1.54) is 25.7 Å². The molecule has 0 rings (SSSR count). The summed E-state index contributed by atoms with van der Waals surface area (Å²) in [5, 5.41) is 8.62. The third-order valence-corrected chi connectivity index (χ3v) is 2.21. The van der Waals surface area contributed by atoms with E-state index in [-0.39, 0.29) is 6.04 Å². The highest BCUT2D eigenvalue weighted by Crippen LogP contribution is 2.02. The molecule has 0 aromatic carbocycles. The molecule has 0 fully saturated rings. The summed E-state index contributed by atoms with van der Waals surface area (Å²) in [6.07, 6.45) is 5.10. The summed E-state index contributed by atoms with van der Waals surface area (Å²) in [4.78, 5) is 2.11. The van der Waals surface area contributed by atoms with E-state index in [4.69, 9.17) is 5.26 Å². The monoisotopic (exact) mass is 168 g/mol. The number of hydrogen-bond acceptors (Lipinski definition) is 2. The fourth-order valence-corrected chi connectivity index (χ4v) is 1.08. The van der Waals surface area contributed by atoms with Gasteiger partial charge in [0.25, 0.3) is 0 Å². The van der Waals surface area contributed by atoms with Gasteiger partial charge in [0.1, 0.15) is 0 Å². The molecule has 0 bridgehead atoms. The standard InChI is InChI=1S/C10H20N2/c1-4-5-6-7-8-12(3)10(2)9-11/h10H,4-8H2,1-3H3. The lowest BCUT2D eigenvalue weighted by Crippen LogP contribution is -2.28. The molecule has 70 valence electrons. The van der Waals surface area contributed by atoms with Crippen LogP contribution in [-0.4, -0.2) is 24.5 Å². The van der Waals surface area contributed by atoms with Gasteiger partial charge < -0.3 is 0 Å². The van der Waals surface area contributed by atoms with E-state index >= 15 is 0 Å². The molecule has 0 spiro atoms. The van der Waals surface area contributed by atoms with Gasteiger partial charge in [-0.1, -0.05) is 26.2 Å². The van der Waals surface area contributed by atoms with Crippen molar-refractivity contribution < 1.29 is 0 Å². The Hall–Kier alpha value is -0.550. The van der Waals surface area contributed by atoms with Gasteiger partial charge in [-0.3, -0.25) is 4.90 Å². The first kappa shape index (κ1) is 11.4. The topological polar surface area (TPSA) is 27.0 Å². The van der Waals surface area contributed by atoms with Crippen LogP contribution in [0.5, 0.6) is 0 Å². The SMILES string of the molecule is CCCCCCN(C)C(C)C#N. The first-order valence-electron chi connectivity index (χ1n) is 4.82. The largest absolute Gasteiger partial charge is 0.291 e. The van der Waals surface area contributed by atoms with Crippen molar-refractivity contribution in [2.45, 2.75) is 45.6 Å². The summed E-state index contributed by atoms with van der Waals surface area (Å²) in [6, 6.07) is 2.29. The quantitative estimate of drug-likeness (QED) is 0.569. The van der Waals surface area contributed by atoms with Crippen LogP contribution in [0.1, 0.15) is 39.5 Å². The van der Waals surface area contributed by atoms with Crippen LogP contribution in [0.25, 0.3) is 0 Å². The van der Waals surface area contributed by atoms with Gasteiger partial charge in [0, 0.05) is 0 Å². The first-order chi connectivity index (χ1) is 5.72. The molecule has 1 unspecified atom stereocenters. The molecule has 0 aliphatic carbocycles. The molecule has 0 heterocycles. The van der Waals surface area contributed by atoms with Crippen LogP contribution >= 0.6 is 0 Å². The highest BCUT2D eigenvalue weighted by Gasteiger charge is 2.05. The van der Waals surface area contributed by atoms with Gasteiger partial charge in [0.15, 0.2) is 0 Å². The second kappa shape index (κ2) is 7.12. The number of nitriles is 1. The minimum atomic E-state index is 0.0617. The van der Waals surface area contributed by atoms with E-state index in [1.54, 1.807) is 0 Å². The van der Waals surface area contributed by atoms with Gasteiger partial charge in [0.2, 0.25) is 0 Å². The lowest BCUT2D eigenvalue weighted by Gasteiger charge is -2.18. The first-order valence-corrected chi connectivity index (χ1v) is 4.82. The average Bonchev–Trinajstić information content (AvgIpc) is 2.10. The Balaban J connectivity index is 3.32. The van der Waals surface area contributed by atoms with E-state index in [1.807, 2.05) is 14.0 Å². The Morgan fingerprint density at radius 2 is 2.00 bits per heavy atom. The van der Waals surface area contributed by atoms with Crippen molar-refractivity contribution in [1.29, 1.82) is 5.26 Å². The van der Waals surface area contributed by atoms with Crippen LogP contribution in [0.3, 0.4) is 0 Å². The Kier molecular flexibility index (Phi) is 6.79. The number of rotatable bonds is 6. The molecule has 0 aromatic rings. The third-order valence-electron chi connectivity index (χ3n) is 2.21. The van der Waals surface area contributed by atoms with Crippen LogP contribution in [0.4, 0.5) is 0 Å². The average molecular weight is 168 g/mol. The molecular weight excluding hydrogens is 148 g/mol. The lowest BCUT2D eigenvalue weighted by molar-refractivity contribution is 0.294. The summed E-state index contributed by atoms with van der Waals surface area (Å²) in [5.74, 6) is 0. The normalized spacial score (nSPS) is 12.9. The van der Waals surface area contributed by atoms with Gasteiger partial charge in [-0.15, -0.1) is 0 Å². The molecule has 2 nitrogen and oxygen atoms in total. The van der Waals surface area contributed by atoms with E-state index < -0.39 is 0 Å². The van der Waals surface area contributed by atoms with Gasteiger partial charge in [-0.05, 0) is 26.9 Å². The minimum Gasteiger partial charge on any atom is -0.291 e. The second-order valence-corrected chi connectivity index (χ2v) is 3.35. The van der Waals surface area contributed by atoms with Crippen molar-refractivity contribution in [3.05, 3.63) is 0 Å². The molecule has 0 amide bonds. The molecule has 1 atom stereocenters. The molecule has 12 heavy (non-hydrogen) atoms. The third kappa shape index (κ3) is 5.15. The van der Waals surface area contributed by atoms with Crippen molar-refractivity contribution in [3.63, 3.8) is 0 Å². The van der Waals surface area contributed by atoms with Crippen molar-refractivity contribution >= 4 is 0 Å². The predicted octanol–water partition coefficient (Wildman–Crippen LogP) is 2.41. The summed E-state index contributed by atoms with van der Waals surface area (Å²) in [5.41, 5.74) is 0. The molecule has 0 aromatic heterocycles. The van der Waals surface area contributed by atoms with Crippen molar-refractivity contribution in [2.24, 2.45) is 0 Å². The minimum absolute atomic E-state index is 0.0617. The molecule has 0 aliphatic heterocycles. The van der Waals surface area contributed by atoms with Gasteiger partial charge in [-0.2, -0.15) is 5.26 Å². The summed E-state index contributed by atoms with van der Waals surface area (Å²) in [7, 11) is 2.01. The summed E-state index contributed by atoms with van der Waals surface area (Å²) < 4.78 is 0. The van der Waals surface area contributed by atoms with Gasteiger partial charge in [0.05, 0.1) is 12.1 Å². The van der Waals surface area contributed by atoms with Crippen molar-refractivity contribution in [3.8, 4) is 6.07 Å². The van der Waals surface area contributed by atoms with E-state index in [0.717, 1.165) is 6.54 Å². The maximum Gasteiger partial charge on any atom is 0.0946 e. The van der Waals surface area contributed by atoms with Crippen LogP contribution in [0.2, 0.25) is 0 Å². The van der Waals surface area contributed by atoms with Crippen LogP contribution in [0, 0.1) is 11.3 Å². The molecule has 0 N–H and O–H groups in total. The lowest BCUT2D eigenvalue weighted by atomic mass is 10.2. The zero-order valence-corrected chi connectivity index (χ0v) is 8.51. The Labute approximate surface area is 76.2 Å². The van der Waals surface area contributed by atoms with E-state index in [2.05, 4.69) is 17.9 Å². The van der Waals surface area contributed by atoms with Crippen LogP contribution < -0.4 is 0 Å². The fraction of sp³-hybridized carbons (Fsp3) is 0.900. The Morgan fingerprint density at radius 3 is 2.50 bits per heavy atom. The Bertz CT molecular complexity index is 137. The van der Waals surface area contributed by atoms with Gasteiger partial charge >= 0.3 is 0 Å². The molecular formula is C10H20N2. The summed E-state index contributed by atoms with van der Waals surface area (Å²) in [6.45, 7) is 5.20. The number of hydrogen-bond donors (Lipinski definition) is 0. The maximum atomic E-state index is 8.62. The number of nitrogens with zero attached hydrogens (tertiary/aromatic N) is 2. The maximum absolute atomic E-state index is 8.62. The molecule has 0 aliphatic rings. The smallest absolute Gasteiger partial charge is 0.0946 e. The van der Waals surface area contributed by atoms with Crippen LogP contribution in [0.15, 0.2) is 0 Å². The van der Waals surface area contributed by atoms with Crippen molar-refractivity contribution in [2.75, 3.05) is 13.6 Å². The van der Waals surface area contributed by atoms with E-state index in [0.29, 0.717) is 0 Å². The molecule has 0 saturated heterocycles. The number of unbranched alkanes of at least 4 members (excludes halogenated alkanes) is 3. The predicted molar refractivity (Wildman–Crippen MR) is 51.8 cm³/mol. The van der Waals surface area contributed by atoms with Gasteiger partial charge in [-0.25, -0.2) is 0 Å². The zero-order chi connectivity index (χ0) is 9.40. The molecule has 0 saturated carbocycles. The van der Waals surface area contributed by atoms with E-state index in [9.17, 15) is 0 Å². The second-order valence-electron chi connectivity index (χ2n) is 3.35. The van der Waals surface area contributed by atoms with Crippen molar-refractivity contribution in [1.82, 2.24) is 4.90 Å². The summed E-state index contributed by atoms with van der Waals surface area (Å²) >= 11 is 0. The zero-order valence-electron chi connectivity index (χ0n) is 8.51. The van der Waals surface area contributed by atoms with Crippen LogP contribution in [-0.2, 0) is 0 Å².